The number of anilines is 1. The lowest BCUT2D eigenvalue weighted by Crippen LogP contribution is -2.11. The molecule has 3 N–H and O–H groups in total. The first-order valence-corrected chi connectivity index (χ1v) is 8.27. The number of aromatic nitrogens is 1. The Labute approximate surface area is 145 Å². The van der Waals surface area contributed by atoms with E-state index in [-0.39, 0.29) is 5.82 Å². The molecule has 0 saturated carbocycles. The summed E-state index contributed by atoms with van der Waals surface area (Å²) in [7, 11) is 0. The van der Waals surface area contributed by atoms with E-state index in [9.17, 15) is 10.1 Å². The van der Waals surface area contributed by atoms with Crippen LogP contribution in [0.1, 0.15) is 36.1 Å². The van der Waals surface area contributed by atoms with Gasteiger partial charge in [-0.2, -0.15) is 5.26 Å². The number of hydrogen-bond acceptors (Lipinski definition) is 5. The van der Waals surface area contributed by atoms with Gasteiger partial charge in [-0.15, -0.1) is 0 Å². The Hall–Kier alpha value is -3.07. The number of aryl methyl sites for hydroxylation is 1. The average molecular weight is 337 g/mol. The number of nitrogens with two attached hydrogens (primary N) is 1. The zero-order valence-electron chi connectivity index (χ0n) is 13.8. The summed E-state index contributed by atoms with van der Waals surface area (Å²) in [4.78, 5) is 15.3. The van der Waals surface area contributed by atoms with Crippen molar-refractivity contribution >= 4 is 11.8 Å². The van der Waals surface area contributed by atoms with Crippen LogP contribution in [0.25, 0.3) is 11.1 Å². The lowest BCUT2D eigenvalue weighted by Gasteiger charge is -2.18. The Morgan fingerprint density at radius 3 is 2.80 bits per heavy atom. The number of aliphatic carboxylic acids is 1. The quantitative estimate of drug-likeness (QED) is 0.830. The highest BCUT2D eigenvalue weighted by atomic mass is 16.5. The molecule has 0 unspecified atom stereocenters. The van der Waals surface area contributed by atoms with Crippen LogP contribution in [-0.4, -0.2) is 22.7 Å². The van der Waals surface area contributed by atoms with Crippen LogP contribution < -0.4 is 10.5 Å². The van der Waals surface area contributed by atoms with Gasteiger partial charge in [-0.3, -0.25) is 0 Å². The Kier molecular flexibility index (Phi) is 4.85. The highest BCUT2D eigenvalue weighted by Crippen LogP contribution is 2.39. The van der Waals surface area contributed by atoms with Crippen LogP contribution in [0.2, 0.25) is 0 Å². The Balaban J connectivity index is 2.22. The van der Waals surface area contributed by atoms with Crippen LogP contribution in [-0.2, 0) is 17.6 Å². The van der Waals surface area contributed by atoms with Gasteiger partial charge in [0.25, 0.3) is 0 Å². The van der Waals surface area contributed by atoms with Crippen LogP contribution in [0, 0.1) is 11.3 Å². The lowest BCUT2D eigenvalue weighted by molar-refractivity contribution is -0.139. The van der Waals surface area contributed by atoms with Gasteiger partial charge in [0.2, 0.25) is 0 Å². The number of para-hydroxylation sites is 1. The minimum absolute atomic E-state index is 0.214. The molecule has 0 fully saturated rings. The Morgan fingerprint density at radius 1 is 1.28 bits per heavy atom. The Bertz CT molecular complexity index is 856. The fourth-order valence-electron chi connectivity index (χ4n) is 3.29. The average Bonchev–Trinajstić information content (AvgIpc) is 2.84. The zero-order valence-corrected chi connectivity index (χ0v) is 13.8. The van der Waals surface area contributed by atoms with Gasteiger partial charge in [0.15, 0.2) is 6.61 Å². The van der Waals surface area contributed by atoms with E-state index in [1.165, 1.54) is 0 Å². The number of pyridine rings is 1. The number of ether oxygens (including phenoxy) is 1. The number of benzene rings is 1. The molecular formula is C19H19N3O3. The molecule has 128 valence electrons. The predicted octanol–water partition coefficient (Wildman–Crippen LogP) is 2.93. The third kappa shape index (κ3) is 3.41. The molecule has 25 heavy (non-hydrogen) atoms. The van der Waals surface area contributed by atoms with Gasteiger partial charge < -0.3 is 15.6 Å². The van der Waals surface area contributed by atoms with Crippen LogP contribution in [0.15, 0.2) is 24.3 Å². The van der Waals surface area contributed by atoms with Crippen molar-refractivity contribution in [2.24, 2.45) is 0 Å². The highest BCUT2D eigenvalue weighted by Gasteiger charge is 2.23. The number of nitriles is 1. The van der Waals surface area contributed by atoms with E-state index in [0.717, 1.165) is 48.9 Å². The first kappa shape index (κ1) is 16.8. The van der Waals surface area contributed by atoms with Gasteiger partial charge >= 0.3 is 5.97 Å². The van der Waals surface area contributed by atoms with Crippen molar-refractivity contribution in [3.8, 4) is 22.9 Å². The van der Waals surface area contributed by atoms with E-state index in [1.807, 2.05) is 12.1 Å². The van der Waals surface area contributed by atoms with E-state index < -0.39 is 12.6 Å². The van der Waals surface area contributed by atoms with E-state index in [1.54, 1.807) is 12.1 Å². The molecule has 0 aliphatic heterocycles. The largest absolute Gasteiger partial charge is 0.481 e. The number of carboxylic acids is 1. The van der Waals surface area contributed by atoms with E-state index in [0.29, 0.717) is 16.9 Å². The van der Waals surface area contributed by atoms with E-state index in [2.05, 4.69) is 11.1 Å². The van der Waals surface area contributed by atoms with E-state index >= 15 is 0 Å². The summed E-state index contributed by atoms with van der Waals surface area (Å²) in [6.45, 7) is -0.443. The van der Waals surface area contributed by atoms with Crippen molar-refractivity contribution in [1.29, 1.82) is 5.26 Å². The molecular weight excluding hydrogens is 318 g/mol. The van der Waals surface area contributed by atoms with Crippen LogP contribution >= 0.6 is 0 Å². The summed E-state index contributed by atoms with van der Waals surface area (Å²) in [5.41, 5.74) is 9.74. The normalized spacial score (nSPS) is 13.4. The Morgan fingerprint density at radius 2 is 2.04 bits per heavy atom. The van der Waals surface area contributed by atoms with E-state index in [4.69, 9.17) is 15.6 Å². The minimum Gasteiger partial charge on any atom is -0.481 e. The smallest absolute Gasteiger partial charge is 0.341 e. The second kappa shape index (κ2) is 7.22. The number of carboxylic acid groups (broad SMARTS) is 1. The third-order valence-electron chi connectivity index (χ3n) is 4.37. The summed E-state index contributed by atoms with van der Waals surface area (Å²) in [5, 5.41) is 18.5. The molecule has 2 aromatic rings. The molecule has 6 nitrogen and oxygen atoms in total. The van der Waals surface area contributed by atoms with Crippen LogP contribution in [0.3, 0.4) is 0 Å². The summed E-state index contributed by atoms with van der Waals surface area (Å²) < 4.78 is 5.44. The second-order valence-electron chi connectivity index (χ2n) is 6.02. The monoisotopic (exact) mass is 337 g/mol. The molecule has 3 rings (SSSR count). The summed E-state index contributed by atoms with van der Waals surface area (Å²) in [6, 6.07) is 9.32. The van der Waals surface area contributed by atoms with Crippen molar-refractivity contribution in [2.45, 2.75) is 32.1 Å². The third-order valence-corrected chi connectivity index (χ3v) is 4.37. The molecule has 6 heteroatoms. The van der Waals surface area contributed by atoms with Gasteiger partial charge in [0.1, 0.15) is 23.2 Å². The van der Waals surface area contributed by atoms with Crippen molar-refractivity contribution in [3.63, 3.8) is 0 Å². The number of fused-ring (bicyclic) bond motifs is 1. The fourth-order valence-corrected chi connectivity index (χ4v) is 3.29. The maximum atomic E-state index is 10.9. The molecule has 1 heterocycles. The standard InChI is InChI=1S/C19H19N3O3/c20-10-14-18(12-6-2-1-3-8-15(12)22-19(14)21)13-7-4-5-9-16(13)25-11-17(23)24/h4-5,7,9H,1-3,6,8,11H2,(H2,21,22)(H,23,24). The first-order valence-electron chi connectivity index (χ1n) is 8.27. The molecule has 0 radical (unpaired) electrons. The fraction of sp³-hybridized carbons (Fsp3) is 0.316. The highest BCUT2D eigenvalue weighted by molar-refractivity contribution is 5.83. The van der Waals surface area contributed by atoms with Gasteiger partial charge in [-0.1, -0.05) is 24.6 Å². The van der Waals surface area contributed by atoms with Gasteiger partial charge in [-0.05, 0) is 37.3 Å². The number of nitrogens with zero attached hydrogens (tertiary/aromatic N) is 2. The van der Waals surface area contributed by atoms with Gasteiger partial charge in [-0.25, -0.2) is 9.78 Å². The lowest BCUT2D eigenvalue weighted by atomic mass is 9.91. The zero-order chi connectivity index (χ0) is 17.8. The molecule has 0 saturated heterocycles. The minimum atomic E-state index is -1.05. The maximum Gasteiger partial charge on any atom is 0.341 e. The molecule has 0 spiro atoms. The molecule has 0 bridgehead atoms. The van der Waals surface area contributed by atoms with Crippen molar-refractivity contribution in [3.05, 3.63) is 41.1 Å². The summed E-state index contributed by atoms with van der Waals surface area (Å²) in [6.07, 6.45) is 4.82. The van der Waals surface area contributed by atoms with Gasteiger partial charge in [0.05, 0.1) is 0 Å². The molecule has 1 aromatic carbocycles. The van der Waals surface area contributed by atoms with Gasteiger partial charge in [0, 0.05) is 16.8 Å². The molecule has 1 aromatic heterocycles. The maximum absolute atomic E-state index is 10.9. The van der Waals surface area contributed by atoms with Crippen LogP contribution in [0.5, 0.6) is 5.75 Å². The molecule has 1 aliphatic rings. The summed E-state index contributed by atoms with van der Waals surface area (Å²) >= 11 is 0. The second-order valence-corrected chi connectivity index (χ2v) is 6.02. The van der Waals surface area contributed by atoms with Crippen molar-refractivity contribution in [2.75, 3.05) is 12.3 Å². The molecule has 1 aliphatic carbocycles. The molecule has 0 amide bonds. The number of rotatable bonds is 4. The van der Waals surface area contributed by atoms with Crippen LogP contribution in [0.4, 0.5) is 5.82 Å². The van der Waals surface area contributed by atoms with Crippen molar-refractivity contribution in [1.82, 2.24) is 4.98 Å². The number of nitrogen functional groups attached to an aromatic ring is 1. The number of carbonyl (C=O) groups is 1. The number of hydrogen-bond donors (Lipinski definition) is 2. The van der Waals surface area contributed by atoms with Crippen molar-refractivity contribution < 1.29 is 14.6 Å². The molecule has 0 atom stereocenters. The SMILES string of the molecule is N#Cc1c(N)nc2c(c1-c1ccccc1OCC(=O)O)CCCCC2. The topological polar surface area (TPSA) is 109 Å². The summed E-state index contributed by atoms with van der Waals surface area (Å²) in [5.74, 6) is -0.409. The first-order chi connectivity index (χ1) is 12.1. The predicted molar refractivity (Wildman–Crippen MR) is 93.2 cm³/mol.